The number of sulfone groups is 1. The van der Waals surface area contributed by atoms with Gasteiger partial charge in [-0.2, -0.15) is 0 Å². The van der Waals surface area contributed by atoms with Crippen LogP contribution in [-0.2, 0) is 9.84 Å². The fourth-order valence-corrected chi connectivity index (χ4v) is 2.92. The minimum absolute atomic E-state index is 0.221. The van der Waals surface area contributed by atoms with E-state index in [-0.39, 0.29) is 5.02 Å². The van der Waals surface area contributed by atoms with E-state index in [1.807, 2.05) is 0 Å². The van der Waals surface area contributed by atoms with Gasteiger partial charge in [0.25, 0.3) is 0 Å². The van der Waals surface area contributed by atoms with Crippen molar-refractivity contribution in [3.05, 3.63) is 34.1 Å². The van der Waals surface area contributed by atoms with Crippen molar-refractivity contribution in [2.45, 2.75) is 31.6 Å². The third-order valence-electron chi connectivity index (χ3n) is 3.53. The summed E-state index contributed by atoms with van der Waals surface area (Å²) in [5.74, 6) is -0.402. The second kappa shape index (κ2) is 5.38. The predicted octanol–water partition coefficient (Wildman–Crippen LogP) is 2.87. The molecule has 1 atom stereocenters. The average molecular weight is 308 g/mol. The van der Waals surface area contributed by atoms with Gasteiger partial charge in [0.2, 0.25) is 0 Å². The van der Waals surface area contributed by atoms with Gasteiger partial charge in [-0.05, 0) is 45.0 Å². The summed E-state index contributed by atoms with van der Waals surface area (Å²) in [6.45, 7) is 4.87. The van der Waals surface area contributed by atoms with Crippen molar-refractivity contribution in [3.8, 4) is 0 Å². The van der Waals surface area contributed by atoms with E-state index < -0.39 is 26.4 Å². The summed E-state index contributed by atoms with van der Waals surface area (Å²) in [5, 5.41) is 3.19. The summed E-state index contributed by atoms with van der Waals surface area (Å²) >= 11 is 6.06. The molecule has 0 fully saturated rings. The van der Waals surface area contributed by atoms with Crippen molar-refractivity contribution in [1.29, 1.82) is 0 Å². The molecule has 1 rings (SSSR count). The molecule has 0 spiro atoms. The maximum Gasteiger partial charge on any atom is 0.154 e. The van der Waals surface area contributed by atoms with Crippen molar-refractivity contribution >= 4 is 21.4 Å². The van der Waals surface area contributed by atoms with Crippen LogP contribution in [0.5, 0.6) is 0 Å². The SMILES string of the molecule is CNC(c1cc(C)c(F)cc1Cl)C(C)(C)S(C)(=O)=O. The molecule has 0 aliphatic rings. The standard InChI is InChI=1S/C13H19ClFNO2S/c1-8-6-9(10(14)7-11(8)15)12(16-4)13(2,3)19(5,17)18/h6-7,12,16H,1-5H3. The minimum Gasteiger partial charge on any atom is -0.312 e. The Labute approximate surface area is 119 Å². The first-order valence-electron chi connectivity index (χ1n) is 5.84. The van der Waals surface area contributed by atoms with Gasteiger partial charge in [-0.3, -0.25) is 0 Å². The molecule has 1 unspecified atom stereocenters. The fourth-order valence-electron chi connectivity index (χ4n) is 1.99. The summed E-state index contributed by atoms with van der Waals surface area (Å²) in [5.41, 5.74) is 1.02. The Morgan fingerprint density at radius 3 is 2.32 bits per heavy atom. The van der Waals surface area contributed by atoms with Crippen LogP contribution in [0.4, 0.5) is 4.39 Å². The lowest BCUT2D eigenvalue weighted by Crippen LogP contribution is -2.44. The minimum atomic E-state index is -3.32. The molecule has 0 heterocycles. The summed E-state index contributed by atoms with van der Waals surface area (Å²) < 4.78 is 36.2. The zero-order chi connectivity index (χ0) is 15.0. The molecule has 0 amide bonds. The molecule has 1 N–H and O–H groups in total. The highest BCUT2D eigenvalue weighted by atomic mass is 35.5. The van der Waals surface area contributed by atoms with Crippen molar-refractivity contribution in [2.24, 2.45) is 0 Å². The second-order valence-electron chi connectivity index (χ2n) is 5.22. The Morgan fingerprint density at radius 2 is 1.89 bits per heavy atom. The molecule has 1 aromatic rings. The number of hydrogen-bond donors (Lipinski definition) is 1. The smallest absolute Gasteiger partial charge is 0.154 e. The van der Waals surface area contributed by atoms with Crippen LogP contribution in [0.15, 0.2) is 12.1 Å². The first-order valence-corrected chi connectivity index (χ1v) is 8.11. The van der Waals surface area contributed by atoms with Crippen LogP contribution in [0, 0.1) is 12.7 Å². The molecule has 1 aromatic carbocycles. The van der Waals surface area contributed by atoms with E-state index in [4.69, 9.17) is 11.6 Å². The molecule has 0 saturated heterocycles. The van der Waals surface area contributed by atoms with Crippen LogP contribution in [0.1, 0.15) is 31.0 Å². The predicted molar refractivity (Wildman–Crippen MR) is 76.9 cm³/mol. The summed E-state index contributed by atoms with van der Waals surface area (Å²) in [6, 6.07) is 2.29. The van der Waals surface area contributed by atoms with E-state index in [9.17, 15) is 12.8 Å². The van der Waals surface area contributed by atoms with E-state index in [0.717, 1.165) is 0 Å². The van der Waals surface area contributed by atoms with Crippen molar-refractivity contribution < 1.29 is 12.8 Å². The number of aryl methyl sites for hydroxylation is 1. The van der Waals surface area contributed by atoms with Crippen LogP contribution < -0.4 is 5.32 Å². The first kappa shape index (κ1) is 16.4. The maximum absolute atomic E-state index is 13.4. The van der Waals surface area contributed by atoms with Crippen LogP contribution in [0.2, 0.25) is 5.02 Å². The molecule has 19 heavy (non-hydrogen) atoms. The van der Waals surface area contributed by atoms with E-state index in [1.165, 1.54) is 12.3 Å². The number of nitrogens with one attached hydrogen (secondary N) is 1. The third-order valence-corrected chi connectivity index (χ3v) is 6.00. The number of rotatable bonds is 4. The largest absolute Gasteiger partial charge is 0.312 e. The van der Waals surface area contributed by atoms with Crippen molar-refractivity contribution in [2.75, 3.05) is 13.3 Å². The quantitative estimate of drug-likeness (QED) is 0.930. The molecule has 108 valence electrons. The Hall–Kier alpha value is -0.650. The Balaban J connectivity index is 3.45. The zero-order valence-corrected chi connectivity index (χ0v) is 13.3. The van der Waals surface area contributed by atoms with Gasteiger partial charge in [0.05, 0.1) is 10.8 Å². The van der Waals surface area contributed by atoms with E-state index >= 15 is 0 Å². The third kappa shape index (κ3) is 3.09. The monoisotopic (exact) mass is 307 g/mol. The lowest BCUT2D eigenvalue weighted by Gasteiger charge is -2.33. The van der Waals surface area contributed by atoms with E-state index in [0.29, 0.717) is 11.1 Å². The summed E-state index contributed by atoms with van der Waals surface area (Å²) in [6.07, 6.45) is 1.18. The lowest BCUT2D eigenvalue weighted by molar-refractivity contribution is 0.445. The molecule has 0 aliphatic carbocycles. The fraction of sp³-hybridized carbons (Fsp3) is 0.538. The molecule has 0 aliphatic heterocycles. The van der Waals surface area contributed by atoms with Crippen LogP contribution in [-0.4, -0.2) is 26.5 Å². The molecule has 0 aromatic heterocycles. The Morgan fingerprint density at radius 1 is 1.37 bits per heavy atom. The Kier molecular flexibility index (Phi) is 4.65. The summed E-state index contributed by atoms with van der Waals surface area (Å²) in [4.78, 5) is 0. The Bertz CT molecular complexity index is 585. The number of halogens is 2. The highest BCUT2D eigenvalue weighted by molar-refractivity contribution is 7.92. The molecule has 3 nitrogen and oxygen atoms in total. The highest BCUT2D eigenvalue weighted by Crippen LogP contribution is 2.36. The first-order chi connectivity index (χ1) is 8.52. The molecular weight excluding hydrogens is 289 g/mol. The van der Waals surface area contributed by atoms with E-state index in [2.05, 4.69) is 5.32 Å². The van der Waals surface area contributed by atoms with Gasteiger partial charge in [-0.25, -0.2) is 12.8 Å². The van der Waals surface area contributed by atoms with Gasteiger partial charge in [0, 0.05) is 11.3 Å². The molecular formula is C13H19ClFNO2S. The second-order valence-corrected chi connectivity index (χ2v) is 8.22. The molecule has 6 heteroatoms. The van der Waals surface area contributed by atoms with Gasteiger partial charge < -0.3 is 5.32 Å². The van der Waals surface area contributed by atoms with Crippen LogP contribution >= 0.6 is 11.6 Å². The molecule has 0 saturated carbocycles. The maximum atomic E-state index is 13.4. The highest BCUT2D eigenvalue weighted by Gasteiger charge is 2.40. The van der Waals surface area contributed by atoms with E-state index in [1.54, 1.807) is 33.9 Å². The zero-order valence-electron chi connectivity index (χ0n) is 11.7. The van der Waals surface area contributed by atoms with Crippen LogP contribution in [0.3, 0.4) is 0 Å². The van der Waals surface area contributed by atoms with Crippen molar-refractivity contribution in [3.63, 3.8) is 0 Å². The van der Waals surface area contributed by atoms with Gasteiger partial charge in [0.1, 0.15) is 5.82 Å². The van der Waals surface area contributed by atoms with Gasteiger partial charge >= 0.3 is 0 Å². The van der Waals surface area contributed by atoms with Gasteiger partial charge in [-0.1, -0.05) is 17.7 Å². The topological polar surface area (TPSA) is 46.2 Å². The van der Waals surface area contributed by atoms with Gasteiger partial charge in [-0.15, -0.1) is 0 Å². The number of hydrogen-bond acceptors (Lipinski definition) is 3. The van der Waals surface area contributed by atoms with Gasteiger partial charge in [0.15, 0.2) is 9.84 Å². The van der Waals surface area contributed by atoms with Crippen molar-refractivity contribution in [1.82, 2.24) is 5.32 Å². The molecule has 0 radical (unpaired) electrons. The normalized spacial score (nSPS) is 14.5. The molecule has 0 bridgehead atoms. The lowest BCUT2D eigenvalue weighted by atomic mass is 9.94. The summed E-state index contributed by atoms with van der Waals surface area (Å²) in [7, 11) is -1.66. The average Bonchev–Trinajstić information content (AvgIpc) is 2.24. The van der Waals surface area contributed by atoms with Crippen LogP contribution in [0.25, 0.3) is 0 Å². The number of benzene rings is 1.